The molecule has 0 radical (unpaired) electrons. The number of nitrogens with one attached hydrogen (secondary N) is 1. The van der Waals surface area contributed by atoms with E-state index in [1.165, 1.54) is 5.57 Å². The van der Waals surface area contributed by atoms with Gasteiger partial charge in [-0.05, 0) is 23.6 Å². The Bertz CT molecular complexity index is 303. The molecule has 1 aromatic rings. The number of nitrogens with zero attached hydrogens (tertiary/aromatic N) is 1. The highest BCUT2D eigenvalue weighted by Crippen LogP contribution is 2.22. The lowest BCUT2D eigenvalue weighted by Gasteiger charge is -2.20. The van der Waals surface area contributed by atoms with E-state index in [-0.39, 0.29) is 0 Å². The third-order valence-corrected chi connectivity index (χ3v) is 2.41. The summed E-state index contributed by atoms with van der Waals surface area (Å²) in [4.78, 5) is 4.36. The second-order valence-electron chi connectivity index (χ2n) is 3.43. The quantitative estimate of drug-likeness (QED) is 0.701. The first-order valence-electron chi connectivity index (χ1n) is 4.70. The predicted octanol–water partition coefficient (Wildman–Crippen LogP) is 1.70. The zero-order valence-electron chi connectivity index (χ0n) is 7.83. The summed E-state index contributed by atoms with van der Waals surface area (Å²) in [6.07, 6.45) is 4.08. The standard InChI is InChI=1S/C11H14N2/c1-9-8-12-7-5-10(9)11-4-2-3-6-13-11/h2-6,9,12H,7-8H2,1H3. The summed E-state index contributed by atoms with van der Waals surface area (Å²) < 4.78 is 0. The predicted molar refractivity (Wildman–Crippen MR) is 54.2 cm³/mol. The fraction of sp³-hybridized carbons (Fsp3) is 0.364. The van der Waals surface area contributed by atoms with Crippen molar-refractivity contribution in [2.24, 2.45) is 5.92 Å². The van der Waals surface area contributed by atoms with Crippen LogP contribution in [0.5, 0.6) is 0 Å². The topological polar surface area (TPSA) is 24.9 Å². The first kappa shape index (κ1) is 8.45. The van der Waals surface area contributed by atoms with Crippen molar-refractivity contribution >= 4 is 5.57 Å². The molecule has 1 aliphatic rings. The Hall–Kier alpha value is -1.15. The Kier molecular flexibility index (Phi) is 2.41. The van der Waals surface area contributed by atoms with Gasteiger partial charge >= 0.3 is 0 Å². The first-order valence-corrected chi connectivity index (χ1v) is 4.70. The monoisotopic (exact) mass is 174 g/mol. The summed E-state index contributed by atoms with van der Waals surface area (Å²) in [6, 6.07) is 6.07. The molecule has 1 aromatic heterocycles. The van der Waals surface area contributed by atoms with Crippen molar-refractivity contribution in [2.75, 3.05) is 13.1 Å². The van der Waals surface area contributed by atoms with E-state index < -0.39 is 0 Å². The molecule has 0 fully saturated rings. The summed E-state index contributed by atoms with van der Waals surface area (Å²) in [5, 5.41) is 3.33. The second-order valence-corrected chi connectivity index (χ2v) is 3.43. The fourth-order valence-corrected chi connectivity index (χ4v) is 1.68. The molecule has 0 amide bonds. The van der Waals surface area contributed by atoms with Crippen LogP contribution in [0.2, 0.25) is 0 Å². The molecule has 0 saturated carbocycles. The molecule has 0 aromatic carbocycles. The molecule has 1 unspecified atom stereocenters. The van der Waals surface area contributed by atoms with Crippen molar-refractivity contribution in [2.45, 2.75) is 6.92 Å². The molecule has 2 nitrogen and oxygen atoms in total. The SMILES string of the molecule is CC1CNCC=C1c1ccccn1. The molecule has 2 heterocycles. The average molecular weight is 174 g/mol. The minimum absolute atomic E-state index is 0.573. The molecule has 0 aliphatic carbocycles. The van der Waals surface area contributed by atoms with Crippen molar-refractivity contribution < 1.29 is 0 Å². The molecule has 2 heteroatoms. The van der Waals surface area contributed by atoms with Gasteiger partial charge in [0.15, 0.2) is 0 Å². The van der Waals surface area contributed by atoms with Crippen LogP contribution in [0, 0.1) is 5.92 Å². The Morgan fingerprint density at radius 2 is 2.38 bits per heavy atom. The van der Waals surface area contributed by atoms with Crippen LogP contribution in [0.4, 0.5) is 0 Å². The van der Waals surface area contributed by atoms with Gasteiger partial charge in [0.1, 0.15) is 0 Å². The Labute approximate surface area is 78.7 Å². The Balaban J connectivity index is 2.30. The maximum Gasteiger partial charge on any atom is 0.0662 e. The van der Waals surface area contributed by atoms with E-state index in [9.17, 15) is 0 Å². The van der Waals surface area contributed by atoms with Crippen LogP contribution in [-0.4, -0.2) is 18.1 Å². The van der Waals surface area contributed by atoms with E-state index in [2.05, 4.69) is 29.4 Å². The molecule has 1 atom stereocenters. The number of pyridine rings is 1. The Morgan fingerprint density at radius 1 is 1.46 bits per heavy atom. The van der Waals surface area contributed by atoms with Gasteiger partial charge in [-0.25, -0.2) is 0 Å². The van der Waals surface area contributed by atoms with Gasteiger partial charge in [0.05, 0.1) is 5.69 Å². The van der Waals surface area contributed by atoms with Crippen LogP contribution in [0.3, 0.4) is 0 Å². The zero-order valence-corrected chi connectivity index (χ0v) is 7.83. The maximum atomic E-state index is 4.36. The molecule has 68 valence electrons. The van der Waals surface area contributed by atoms with E-state index in [1.54, 1.807) is 0 Å². The number of hydrogen-bond acceptors (Lipinski definition) is 2. The van der Waals surface area contributed by atoms with Gasteiger partial charge in [-0.3, -0.25) is 4.98 Å². The average Bonchev–Trinajstić information content (AvgIpc) is 2.20. The van der Waals surface area contributed by atoms with Crippen LogP contribution in [0.1, 0.15) is 12.6 Å². The molecule has 2 rings (SSSR count). The molecular weight excluding hydrogens is 160 g/mol. The highest BCUT2D eigenvalue weighted by atomic mass is 14.9. The van der Waals surface area contributed by atoms with E-state index in [0.717, 1.165) is 18.8 Å². The van der Waals surface area contributed by atoms with E-state index >= 15 is 0 Å². The van der Waals surface area contributed by atoms with Crippen molar-refractivity contribution in [1.29, 1.82) is 0 Å². The summed E-state index contributed by atoms with van der Waals surface area (Å²) in [5.74, 6) is 0.573. The lowest BCUT2D eigenvalue weighted by molar-refractivity contribution is 0.613. The van der Waals surface area contributed by atoms with Gasteiger partial charge in [0.2, 0.25) is 0 Å². The van der Waals surface area contributed by atoms with Gasteiger partial charge in [-0.15, -0.1) is 0 Å². The summed E-state index contributed by atoms with van der Waals surface area (Å²) in [6.45, 7) is 4.26. The molecule has 1 N–H and O–H groups in total. The van der Waals surface area contributed by atoms with E-state index in [1.807, 2.05) is 18.3 Å². The minimum Gasteiger partial charge on any atom is -0.313 e. The van der Waals surface area contributed by atoms with Gasteiger partial charge in [0.25, 0.3) is 0 Å². The molecule has 13 heavy (non-hydrogen) atoms. The lowest BCUT2D eigenvalue weighted by atomic mass is 9.95. The fourth-order valence-electron chi connectivity index (χ4n) is 1.68. The molecule has 0 saturated heterocycles. The third kappa shape index (κ3) is 1.78. The van der Waals surface area contributed by atoms with E-state index in [4.69, 9.17) is 0 Å². The van der Waals surface area contributed by atoms with Gasteiger partial charge in [0, 0.05) is 19.3 Å². The molecule has 0 spiro atoms. The second kappa shape index (κ2) is 3.71. The highest BCUT2D eigenvalue weighted by Gasteiger charge is 2.14. The minimum atomic E-state index is 0.573. The van der Waals surface area contributed by atoms with Crippen molar-refractivity contribution in [3.63, 3.8) is 0 Å². The van der Waals surface area contributed by atoms with Crippen molar-refractivity contribution in [3.8, 4) is 0 Å². The molecule has 1 aliphatic heterocycles. The van der Waals surface area contributed by atoms with Crippen molar-refractivity contribution in [3.05, 3.63) is 36.2 Å². The zero-order chi connectivity index (χ0) is 9.10. The van der Waals surface area contributed by atoms with Crippen LogP contribution in [0.15, 0.2) is 30.5 Å². The molecule has 0 bridgehead atoms. The highest BCUT2D eigenvalue weighted by molar-refractivity contribution is 5.65. The van der Waals surface area contributed by atoms with Crippen LogP contribution in [-0.2, 0) is 0 Å². The van der Waals surface area contributed by atoms with Gasteiger partial charge in [-0.2, -0.15) is 0 Å². The number of aromatic nitrogens is 1. The largest absolute Gasteiger partial charge is 0.313 e. The third-order valence-electron chi connectivity index (χ3n) is 2.41. The smallest absolute Gasteiger partial charge is 0.0662 e. The first-order chi connectivity index (χ1) is 6.38. The number of rotatable bonds is 1. The number of hydrogen-bond donors (Lipinski definition) is 1. The van der Waals surface area contributed by atoms with Gasteiger partial charge in [-0.1, -0.05) is 19.1 Å². The van der Waals surface area contributed by atoms with Crippen LogP contribution in [0.25, 0.3) is 5.57 Å². The van der Waals surface area contributed by atoms with Crippen LogP contribution < -0.4 is 5.32 Å². The van der Waals surface area contributed by atoms with Crippen molar-refractivity contribution in [1.82, 2.24) is 10.3 Å². The lowest BCUT2D eigenvalue weighted by Crippen LogP contribution is -2.27. The Morgan fingerprint density at radius 3 is 3.08 bits per heavy atom. The van der Waals surface area contributed by atoms with Crippen LogP contribution >= 0.6 is 0 Å². The summed E-state index contributed by atoms with van der Waals surface area (Å²) in [5.41, 5.74) is 2.50. The summed E-state index contributed by atoms with van der Waals surface area (Å²) in [7, 11) is 0. The molecular formula is C11H14N2. The van der Waals surface area contributed by atoms with E-state index in [0.29, 0.717) is 5.92 Å². The normalized spacial score (nSPS) is 22.5. The summed E-state index contributed by atoms with van der Waals surface area (Å²) >= 11 is 0. The maximum absolute atomic E-state index is 4.36. The van der Waals surface area contributed by atoms with Gasteiger partial charge < -0.3 is 5.32 Å².